The lowest BCUT2D eigenvalue weighted by Crippen LogP contribution is -2.11. The molecule has 2 aromatic heterocycles. The first kappa shape index (κ1) is 19.2. The lowest BCUT2D eigenvalue weighted by molar-refractivity contribution is 0.598. The SMILES string of the molecule is Nc1nn2c(-c3ccc(Br)cc3)ccnc2c1N=Nc1ccc(S(N)(=O)=O)cc1. The molecule has 0 aliphatic carbocycles. The zero-order valence-corrected chi connectivity index (χ0v) is 17.2. The van der Waals surface area contributed by atoms with Crippen LogP contribution in [-0.4, -0.2) is 23.0 Å². The van der Waals surface area contributed by atoms with Gasteiger partial charge in [-0.05, 0) is 42.5 Å². The van der Waals surface area contributed by atoms with E-state index < -0.39 is 10.0 Å². The number of hydrogen-bond acceptors (Lipinski definition) is 7. The Hall–Kier alpha value is -3.15. The Kier molecular flexibility index (Phi) is 4.86. The molecular formula is C18H14BrN7O2S. The average Bonchev–Trinajstić information content (AvgIpc) is 3.02. The van der Waals surface area contributed by atoms with E-state index in [2.05, 4.69) is 36.2 Å². The minimum atomic E-state index is -3.77. The van der Waals surface area contributed by atoms with Gasteiger partial charge in [0.15, 0.2) is 17.2 Å². The standard InChI is InChI=1S/C18H14BrN7O2S/c19-12-3-1-11(2-4-12)15-9-10-22-18-16(17(20)25-26(15)18)24-23-13-5-7-14(8-6-13)29(21,27)28/h1-10H,(H2,20,25)(H2,21,27,28). The first-order chi connectivity index (χ1) is 13.8. The summed E-state index contributed by atoms with van der Waals surface area (Å²) in [7, 11) is -3.77. The maximum absolute atomic E-state index is 11.3. The van der Waals surface area contributed by atoms with Crippen molar-refractivity contribution in [2.45, 2.75) is 4.90 Å². The van der Waals surface area contributed by atoms with E-state index in [1.165, 1.54) is 24.3 Å². The molecule has 0 saturated heterocycles. The first-order valence-electron chi connectivity index (χ1n) is 8.27. The van der Waals surface area contributed by atoms with Gasteiger partial charge in [-0.3, -0.25) is 0 Å². The quantitative estimate of drug-likeness (QED) is 0.435. The second kappa shape index (κ2) is 7.35. The summed E-state index contributed by atoms with van der Waals surface area (Å²) in [5.41, 5.74) is 8.98. The van der Waals surface area contributed by atoms with E-state index in [4.69, 9.17) is 10.9 Å². The lowest BCUT2D eigenvalue weighted by atomic mass is 10.1. The molecule has 0 aliphatic rings. The topological polar surface area (TPSA) is 141 Å². The summed E-state index contributed by atoms with van der Waals surface area (Å²) in [6, 6.07) is 15.3. The number of nitrogen functional groups attached to an aromatic ring is 1. The molecule has 0 aliphatic heterocycles. The smallest absolute Gasteiger partial charge is 0.238 e. The molecule has 11 heteroatoms. The van der Waals surface area contributed by atoms with Crippen molar-refractivity contribution < 1.29 is 8.42 Å². The highest BCUT2D eigenvalue weighted by Gasteiger charge is 2.15. The third-order valence-corrected chi connectivity index (χ3v) is 5.55. The second-order valence-electron chi connectivity index (χ2n) is 6.05. The van der Waals surface area contributed by atoms with Crippen LogP contribution in [0.1, 0.15) is 0 Å². The highest BCUT2D eigenvalue weighted by atomic mass is 79.9. The number of primary sulfonamides is 1. The van der Waals surface area contributed by atoms with Gasteiger partial charge >= 0.3 is 0 Å². The Bertz CT molecular complexity index is 1330. The molecule has 0 radical (unpaired) electrons. The maximum Gasteiger partial charge on any atom is 0.238 e. The highest BCUT2D eigenvalue weighted by molar-refractivity contribution is 9.10. The number of hydrogen-bond donors (Lipinski definition) is 2. The van der Waals surface area contributed by atoms with Crippen LogP contribution in [0.4, 0.5) is 17.2 Å². The summed E-state index contributed by atoms with van der Waals surface area (Å²) in [5, 5.41) is 17.7. The number of halogens is 1. The van der Waals surface area contributed by atoms with Gasteiger partial charge in [0, 0.05) is 16.2 Å². The fourth-order valence-electron chi connectivity index (χ4n) is 2.70. The molecule has 0 amide bonds. The van der Waals surface area contributed by atoms with E-state index >= 15 is 0 Å². The predicted octanol–water partition coefficient (Wildman–Crippen LogP) is 3.80. The minimum absolute atomic E-state index is 0.00671. The van der Waals surface area contributed by atoms with Gasteiger partial charge in [0.05, 0.1) is 16.3 Å². The molecule has 29 heavy (non-hydrogen) atoms. The largest absolute Gasteiger partial charge is 0.380 e. The van der Waals surface area contributed by atoms with Crippen LogP contribution in [0.2, 0.25) is 0 Å². The average molecular weight is 472 g/mol. The summed E-state index contributed by atoms with van der Waals surface area (Å²) >= 11 is 3.42. The summed E-state index contributed by atoms with van der Waals surface area (Å²) in [5.74, 6) is 0.173. The number of benzene rings is 2. The van der Waals surface area contributed by atoms with Crippen LogP contribution in [0.25, 0.3) is 16.9 Å². The molecule has 0 atom stereocenters. The van der Waals surface area contributed by atoms with Crippen LogP contribution in [0.5, 0.6) is 0 Å². The van der Waals surface area contributed by atoms with Crippen LogP contribution >= 0.6 is 15.9 Å². The molecule has 4 N–H and O–H groups in total. The number of azo groups is 1. The van der Waals surface area contributed by atoms with Crippen LogP contribution < -0.4 is 10.9 Å². The number of anilines is 1. The Morgan fingerprint density at radius 2 is 1.66 bits per heavy atom. The van der Waals surface area contributed by atoms with E-state index in [9.17, 15) is 8.42 Å². The van der Waals surface area contributed by atoms with Gasteiger partial charge in [0.25, 0.3) is 0 Å². The highest BCUT2D eigenvalue weighted by Crippen LogP contribution is 2.31. The zero-order chi connectivity index (χ0) is 20.6. The number of nitrogens with two attached hydrogens (primary N) is 2. The zero-order valence-electron chi connectivity index (χ0n) is 14.8. The molecule has 0 saturated carbocycles. The second-order valence-corrected chi connectivity index (χ2v) is 8.52. The normalized spacial score (nSPS) is 12.1. The van der Waals surface area contributed by atoms with Crippen LogP contribution in [0.3, 0.4) is 0 Å². The molecule has 0 bridgehead atoms. The third-order valence-electron chi connectivity index (χ3n) is 4.09. The fourth-order valence-corrected chi connectivity index (χ4v) is 3.48. The molecule has 2 heterocycles. The fraction of sp³-hybridized carbons (Fsp3) is 0. The van der Waals surface area contributed by atoms with E-state index in [1.807, 2.05) is 30.3 Å². The molecule has 2 aromatic carbocycles. The van der Waals surface area contributed by atoms with Crippen molar-refractivity contribution in [2.75, 3.05) is 5.73 Å². The molecule has 0 spiro atoms. The van der Waals surface area contributed by atoms with Gasteiger partial charge in [-0.2, -0.15) is 5.11 Å². The van der Waals surface area contributed by atoms with E-state index in [0.717, 1.165) is 15.7 Å². The number of aromatic nitrogens is 3. The first-order valence-corrected chi connectivity index (χ1v) is 10.6. The molecule has 9 nitrogen and oxygen atoms in total. The minimum Gasteiger partial charge on any atom is -0.380 e. The Labute approximate surface area is 174 Å². The van der Waals surface area contributed by atoms with Crippen molar-refractivity contribution in [1.82, 2.24) is 14.6 Å². The van der Waals surface area contributed by atoms with Crippen molar-refractivity contribution in [1.29, 1.82) is 0 Å². The van der Waals surface area contributed by atoms with Gasteiger partial charge < -0.3 is 5.73 Å². The van der Waals surface area contributed by atoms with Gasteiger partial charge in [-0.25, -0.2) is 23.1 Å². The van der Waals surface area contributed by atoms with Gasteiger partial charge in [-0.1, -0.05) is 28.1 Å². The third kappa shape index (κ3) is 3.88. The number of fused-ring (bicyclic) bond motifs is 1. The summed E-state index contributed by atoms with van der Waals surface area (Å²) in [6.45, 7) is 0. The number of nitrogens with zero attached hydrogens (tertiary/aromatic N) is 5. The Morgan fingerprint density at radius 3 is 2.31 bits per heavy atom. The summed E-state index contributed by atoms with van der Waals surface area (Å²) in [4.78, 5) is 4.32. The monoisotopic (exact) mass is 471 g/mol. The van der Waals surface area contributed by atoms with Crippen molar-refractivity contribution >= 4 is 48.8 Å². The van der Waals surface area contributed by atoms with Crippen LogP contribution in [-0.2, 0) is 10.0 Å². The lowest BCUT2D eigenvalue weighted by Gasteiger charge is -2.04. The van der Waals surface area contributed by atoms with Crippen molar-refractivity contribution in [2.24, 2.45) is 15.4 Å². The Morgan fingerprint density at radius 1 is 0.966 bits per heavy atom. The molecule has 0 fully saturated rings. The molecule has 4 aromatic rings. The van der Waals surface area contributed by atoms with E-state index in [1.54, 1.807) is 10.7 Å². The maximum atomic E-state index is 11.3. The Balaban J connectivity index is 1.73. The van der Waals surface area contributed by atoms with E-state index in [0.29, 0.717) is 17.0 Å². The number of sulfonamides is 1. The molecule has 0 unspecified atom stereocenters. The van der Waals surface area contributed by atoms with Crippen molar-refractivity contribution in [3.8, 4) is 11.3 Å². The van der Waals surface area contributed by atoms with E-state index in [-0.39, 0.29) is 10.7 Å². The molecule has 146 valence electrons. The van der Waals surface area contributed by atoms with Gasteiger partial charge in [0.2, 0.25) is 10.0 Å². The van der Waals surface area contributed by atoms with Crippen molar-refractivity contribution in [3.05, 3.63) is 65.3 Å². The van der Waals surface area contributed by atoms with Gasteiger partial charge in [-0.15, -0.1) is 10.2 Å². The molecule has 4 rings (SSSR count). The van der Waals surface area contributed by atoms with Crippen LogP contribution in [0, 0.1) is 0 Å². The summed E-state index contributed by atoms with van der Waals surface area (Å²) < 4.78 is 25.2. The molecular weight excluding hydrogens is 458 g/mol. The van der Waals surface area contributed by atoms with Gasteiger partial charge in [0.1, 0.15) is 0 Å². The number of rotatable bonds is 4. The predicted molar refractivity (Wildman–Crippen MR) is 113 cm³/mol. The van der Waals surface area contributed by atoms with Crippen LogP contribution in [0.15, 0.2) is 80.4 Å². The summed E-state index contributed by atoms with van der Waals surface area (Å²) in [6.07, 6.45) is 1.65. The van der Waals surface area contributed by atoms with Crippen molar-refractivity contribution in [3.63, 3.8) is 0 Å².